The normalized spacial score (nSPS) is 17.6. The van der Waals surface area contributed by atoms with Gasteiger partial charge < -0.3 is 9.84 Å². The largest absolute Gasteiger partial charge is 0.508 e. The number of phenolic OH excluding ortho intramolecular Hbond substituents is 1. The van der Waals surface area contributed by atoms with Crippen LogP contribution in [-0.2, 0) is 5.60 Å². The number of phenols is 1. The molecule has 3 heteroatoms. The van der Waals surface area contributed by atoms with Crippen LogP contribution in [0.15, 0.2) is 30.3 Å². The highest BCUT2D eigenvalue weighted by Crippen LogP contribution is 2.58. The molecule has 1 heterocycles. The van der Waals surface area contributed by atoms with Gasteiger partial charge in [0.25, 0.3) is 0 Å². The number of aryl methyl sites for hydroxylation is 1. The van der Waals surface area contributed by atoms with E-state index >= 15 is 0 Å². The smallest absolute Gasteiger partial charge is 0.135 e. The van der Waals surface area contributed by atoms with E-state index in [4.69, 9.17) is 16.3 Å². The Hall–Kier alpha value is -1.67. The van der Waals surface area contributed by atoms with Gasteiger partial charge in [-0.2, -0.15) is 0 Å². The maximum absolute atomic E-state index is 9.62. The average Bonchev–Trinajstić information content (AvgIpc) is 3.12. The molecule has 1 aliphatic carbocycles. The average molecular weight is 273 g/mol. The van der Waals surface area contributed by atoms with E-state index in [1.54, 1.807) is 12.1 Å². The Bertz CT molecular complexity index is 702. The van der Waals surface area contributed by atoms with Gasteiger partial charge in [-0.1, -0.05) is 11.6 Å². The van der Waals surface area contributed by atoms with Gasteiger partial charge in [-0.25, -0.2) is 0 Å². The van der Waals surface area contributed by atoms with Gasteiger partial charge in [0, 0.05) is 22.2 Å². The van der Waals surface area contributed by atoms with Crippen LogP contribution < -0.4 is 4.74 Å². The minimum absolute atomic E-state index is 0.189. The van der Waals surface area contributed by atoms with Crippen molar-refractivity contribution in [3.8, 4) is 22.6 Å². The summed E-state index contributed by atoms with van der Waals surface area (Å²) in [6, 6.07) is 9.42. The first-order chi connectivity index (χ1) is 9.09. The Labute approximate surface area is 116 Å². The molecule has 4 rings (SSSR count). The van der Waals surface area contributed by atoms with Crippen LogP contribution >= 0.6 is 11.6 Å². The summed E-state index contributed by atoms with van der Waals surface area (Å²) >= 11 is 6.27. The lowest BCUT2D eigenvalue weighted by molar-refractivity contribution is 0.177. The Balaban J connectivity index is 2.04. The summed E-state index contributed by atoms with van der Waals surface area (Å²) in [6.07, 6.45) is 2.05. The molecule has 1 N–H and O–H groups in total. The third-order valence-corrected chi connectivity index (χ3v) is 4.46. The zero-order chi connectivity index (χ0) is 13.2. The van der Waals surface area contributed by atoms with Gasteiger partial charge in [-0.05, 0) is 55.2 Å². The first kappa shape index (κ1) is 11.2. The van der Waals surface area contributed by atoms with Crippen LogP contribution in [0.1, 0.15) is 24.0 Å². The van der Waals surface area contributed by atoms with Crippen molar-refractivity contribution in [3.63, 3.8) is 0 Å². The fourth-order valence-electron chi connectivity index (χ4n) is 2.85. The molecule has 0 bridgehead atoms. The van der Waals surface area contributed by atoms with Gasteiger partial charge in [0.05, 0.1) is 0 Å². The predicted octanol–water partition coefficient (Wildman–Crippen LogP) is 4.40. The molecule has 0 saturated heterocycles. The van der Waals surface area contributed by atoms with Gasteiger partial charge in [0.15, 0.2) is 0 Å². The van der Waals surface area contributed by atoms with Crippen molar-refractivity contribution in [1.82, 2.24) is 0 Å². The molecule has 1 spiro atoms. The summed E-state index contributed by atoms with van der Waals surface area (Å²) in [4.78, 5) is 0. The monoisotopic (exact) mass is 272 g/mol. The number of rotatable bonds is 0. The van der Waals surface area contributed by atoms with E-state index in [0.29, 0.717) is 0 Å². The van der Waals surface area contributed by atoms with Crippen molar-refractivity contribution in [3.05, 3.63) is 46.5 Å². The molecule has 2 aromatic carbocycles. The molecule has 0 radical (unpaired) electrons. The van der Waals surface area contributed by atoms with E-state index in [9.17, 15) is 5.11 Å². The topological polar surface area (TPSA) is 29.5 Å². The van der Waals surface area contributed by atoms with Crippen LogP contribution in [0.4, 0.5) is 0 Å². The summed E-state index contributed by atoms with van der Waals surface area (Å²) in [5.74, 6) is 0.987. The highest BCUT2D eigenvalue weighted by molar-refractivity contribution is 6.31. The quantitative estimate of drug-likeness (QED) is 0.770. The molecule has 2 aromatic rings. The molecular weight excluding hydrogens is 260 g/mol. The number of hydrogen-bond donors (Lipinski definition) is 1. The van der Waals surface area contributed by atoms with Crippen LogP contribution in [0, 0.1) is 6.92 Å². The summed E-state index contributed by atoms with van der Waals surface area (Å²) < 4.78 is 6.13. The number of benzene rings is 2. The summed E-state index contributed by atoms with van der Waals surface area (Å²) in [7, 11) is 0. The van der Waals surface area contributed by atoms with Crippen molar-refractivity contribution in [1.29, 1.82) is 0 Å². The molecule has 0 amide bonds. The SMILES string of the molecule is Cc1cc2c(cc1Cl)-c1ccc(O)cc1OC21CC1. The van der Waals surface area contributed by atoms with E-state index in [-0.39, 0.29) is 11.4 Å². The Morgan fingerprint density at radius 3 is 2.68 bits per heavy atom. The van der Waals surface area contributed by atoms with Crippen LogP contribution in [0.25, 0.3) is 11.1 Å². The molecule has 2 nitrogen and oxygen atoms in total. The molecule has 0 atom stereocenters. The number of halogens is 1. The van der Waals surface area contributed by atoms with Crippen molar-refractivity contribution in [2.24, 2.45) is 0 Å². The molecule has 1 fully saturated rings. The van der Waals surface area contributed by atoms with Crippen molar-refractivity contribution < 1.29 is 9.84 Å². The second-order valence-electron chi connectivity index (χ2n) is 5.42. The van der Waals surface area contributed by atoms with Crippen molar-refractivity contribution in [2.75, 3.05) is 0 Å². The molecule has 0 aromatic heterocycles. The zero-order valence-corrected chi connectivity index (χ0v) is 11.3. The standard InChI is InChI=1S/C16H13ClO2/c1-9-6-13-12(8-14(9)17)11-3-2-10(18)7-15(11)19-16(13)4-5-16/h2-3,6-8,18H,4-5H2,1H3. The summed E-state index contributed by atoms with van der Waals surface area (Å²) in [5, 5.41) is 10.4. The summed E-state index contributed by atoms with van der Waals surface area (Å²) in [6.45, 7) is 2.02. The second kappa shape index (κ2) is 3.45. The fourth-order valence-corrected chi connectivity index (χ4v) is 3.01. The first-order valence-electron chi connectivity index (χ1n) is 6.42. The minimum Gasteiger partial charge on any atom is -0.508 e. The number of hydrogen-bond acceptors (Lipinski definition) is 2. The number of aromatic hydroxyl groups is 1. The molecule has 2 aliphatic rings. The molecular formula is C16H13ClO2. The van der Waals surface area contributed by atoms with E-state index in [1.807, 2.05) is 19.1 Å². The minimum atomic E-state index is -0.189. The van der Waals surface area contributed by atoms with Crippen LogP contribution in [0.3, 0.4) is 0 Å². The molecule has 1 aliphatic heterocycles. The van der Waals surface area contributed by atoms with E-state index in [0.717, 1.165) is 40.3 Å². The molecule has 1 saturated carbocycles. The zero-order valence-electron chi connectivity index (χ0n) is 10.5. The molecule has 19 heavy (non-hydrogen) atoms. The Morgan fingerprint density at radius 2 is 1.95 bits per heavy atom. The fraction of sp³-hybridized carbons (Fsp3) is 0.250. The molecule has 0 unspecified atom stereocenters. The van der Waals surface area contributed by atoms with E-state index in [1.165, 1.54) is 5.56 Å². The Morgan fingerprint density at radius 1 is 1.16 bits per heavy atom. The highest BCUT2D eigenvalue weighted by Gasteiger charge is 2.51. The van der Waals surface area contributed by atoms with Gasteiger partial charge in [-0.15, -0.1) is 0 Å². The van der Waals surface area contributed by atoms with E-state index < -0.39 is 0 Å². The van der Waals surface area contributed by atoms with Gasteiger partial charge in [0.2, 0.25) is 0 Å². The van der Waals surface area contributed by atoms with Crippen molar-refractivity contribution in [2.45, 2.75) is 25.4 Å². The lowest BCUT2D eigenvalue weighted by atomic mass is 9.90. The third-order valence-electron chi connectivity index (χ3n) is 4.05. The van der Waals surface area contributed by atoms with E-state index in [2.05, 4.69) is 6.07 Å². The molecule has 96 valence electrons. The lowest BCUT2D eigenvalue weighted by Gasteiger charge is -2.29. The van der Waals surface area contributed by atoms with Crippen LogP contribution in [-0.4, -0.2) is 5.11 Å². The van der Waals surface area contributed by atoms with Crippen molar-refractivity contribution >= 4 is 11.6 Å². The highest BCUT2D eigenvalue weighted by atomic mass is 35.5. The maximum Gasteiger partial charge on any atom is 0.135 e. The number of fused-ring (bicyclic) bond motifs is 4. The van der Waals surface area contributed by atoms with Gasteiger partial charge >= 0.3 is 0 Å². The van der Waals surface area contributed by atoms with Crippen LogP contribution in [0.2, 0.25) is 5.02 Å². The van der Waals surface area contributed by atoms with Gasteiger partial charge in [0.1, 0.15) is 17.1 Å². The first-order valence-corrected chi connectivity index (χ1v) is 6.80. The lowest BCUT2D eigenvalue weighted by Crippen LogP contribution is -2.21. The Kier molecular flexibility index (Phi) is 2.03. The van der Waals surface area contributed by atoms with Gasteiger partial charge in [-0.3, -0.25) is 0 Å². The summed E-state index contributed by atoms with van der Waals surface area (Å²) in [5.41, 5.74) is 4.26. The second-order valence-corrected chi connectivity index (χ2v) is 5.83. The third kappa shape index (κ3) is 1.50. The number of ether oxygens (including phenoxy) is 1. The van der Waals surface area contributed by atoms with Crippen LogP contribution in [0.5, 0.6) is 11.5 Å². The predicted molar refractivity (Wildman–Crippen MR) is 74.8 cm³/mol. The maximum atomic E-state index is 9.62.